The summed E-state index contributed by atoms with van der Waals surface area (Å²) >= 11 is 1.66. The summed E-state index contributed by atoms with van der Waals surface area (Å²) in [5, 5.41) is 8.35. The van der Waals surface area contributed by atoms with Crippen molar-refractivity contribution in [1.29, 1.82) is 0 Å². The fraction of sp³-hybridized carbons (Fsp3) is 0.500. The van der Waals surface area contributed by atoms with Crippen molar-refractivity contribution < 1.29 is 22.7 Å². The van der Waals surface area contributed by atoms with Gasteiger partial charge in [-0.2, -0.15) is 11.8 Å². The van der Waals surface area contributed by atoms with Gasteiger partial charge in [0, 0.05) is 0 Å². The first-order chi connectivity index (χ1) is 7.97. The molecule has 0 bridgehead atoms. The summed E-state index contributed by atoms with van der Waals surface area (Å²) in [5.41, 5.74) is 0. The Morgan fingerprint density at radius 1 is 1.47 bits per heavy atom. The molecule has 0 radical (unpaired) electrons. The summed E-state index contributed by atoms with van der Waals surface area (Å²) in [6.45, 7) is 2.00. The van der Waals surface area contributed by atoms with Crippen molar-refractivity contribution in [2.45, 2.75) is 18.4 Å². The molecule has 17 heavy (non-hydrogen) atoms. The van der Waals surface area contributed by atoms with E-state index in [1.54, 1.807) is 11.8 Å². The minimum absolute atomic E-state index is 0.0213. The van der Waals surface area contributed by atoms with Crippen molar-refractivity contribution in [3.05, 3.63) is 17.9 Å². The van der Waals surface area contributed by atoms with Crippen LogP contribution < -0.4 is 0 Å². The largest absolute Gasteiger partial charge is 0.475 e. The predicted molar refractivity (Wildman–Crippen MR) is 65.3 cm³/mol. The summed E-state index contributed by atoms with van der Waals surface area (Å²) in [4.78, 5) is 10.5. The van der Waals surface area contributed by atoms with Crippen LogP contribution in [0.25, 0.3) is 0 Å². The number of furan rings is 1. The van der Waals surface area contributed by atoms with Gasteiger partial charge >= 0.3 is 5.97 Å². The summed E-state index contributed by atoms with van der Waals surface area (Å²) in [6, 6.07) is 2.34. The molecule has 5 nitrogen and oxygen atoms in total. The van der Waals surface area contributed by atoms with Crippen molar-refractivity contribution in [2.24, 2.45) is 0 Å². The Kier molecular flexibility index (Phi) is 5.07. The van der Waals surface area contributed by atoms with Gasteiger partial charge in [0.15, 0.2) is 0 Å². The summed E-state index contributed by atoms with van der Waals surface area (Å²) in [5.74, 6) is 0.0677. The molecule has 7 heteroatoms. The number of carbonyl (C=O) groups is 1. The third-order valence-electron chi connectivity index (χ3n) is 2.00. The molecule has 0 spiro atoms. The fourth-order valence-electron chi connectivity index (χ4n) is 1.20. The summed E-state index contributed by atoms with van der Waals surface area (Å²) < 4.78 is 28.2. The zero-order valence-electron chi connectivity index (χ0n) is 9.38. The van der Waals surface area contributed by atoms with E-state index in [0.717, 1.165) is 17.6 Å². The van der Waals surface area contributed by atoms with Crippen molar-refractivity contribution in [1.82, 2.24) is 0 Å². The highest BCUT2D eigenvalue weighted by atomic mass is 32.2. The number of carboxylic acid groups (broad SMARTS) is 1. The molecule has 0 saturated carbocycles. The van der Waals surface area contributed by atoms with E-state index in [-0.39, 0.29) is 16.6 Å². The van der Waals surface area contributed by atoms with E-state index >= 15 is 0 Å². The van der Waals surface area contributed by atoms with E-state index in [2.05, 4.69) is 0 Å². The van der Waals surface area contributed by atoms with Gasteiger partial charge in [-0.1, -0.05) is 6.92 Å². The lowest BCUT2D eigenvalue weighted by atomic mass is 10.5. The highest BCUT2D eigenvalue weighted by molar-refractivity contribution is 7.99. The average Bonchev–Trinajstić information content (AvgIpc) is 2.74. The van der Waals surface area contributed by atoms with Gasteiger partial charge in [0.1, 0.15) is 0 Å². The quantitative estimate of drug-likeness (QED) is 0.767. The number of hydrogen-bond acceptors (Lipinski definition) is 5. The Morgan fingerprint density at radius 2 is 2.18 bits per heavy atom. The van der Waals surface area contributed by atoms with Crippen molar-refractivity contribution >= 4 is 27.6 Å². The van der Waals surface area contributed by atoms with Crippen LogP contribution in [-0.4, -0.2) is 36.8 Å². The average molecular weight is 278 g/mol. The maximum Gasteiger partial charge on any atom is 0.371 e. The van der Waals surface area contributed by atoms with E-state index in [4.69, 9.17) is 9.52 Å². The number of rotatable bonds is 7. The molecule has 1 rings (SSSR count). The first-order valence-electron chi connectivity index (χ1n) is 5.11. The topological polar surface area (TPSA) is 84.6 Å². The molecule has 0 atom stereocenters. The van der Waals surface area contributed by atoms with Crippen LogP contribution in [0.5, 0.6) is 0 Å². The van der Waals surface area contributed by atoms with Gasteiger partial charge in [0.25, 0.3) is 0 Å². The molecule has 0 amide bonds. The molecule has 0 aliphatic carbocycles. The molecule has 1 N–H and O–H groups in total. The molecule has 0 aliphatic heterocycles. The van der Waals surface area contributed by atoms with Gasteiger partial charge < -0.3 is 9.52 Å². The van der Waals surface area contributed by atoms with Gasteiger partial charge in [0.05, 0.1) is 5.75 Å². The van der Waals surface area contributed by atoms with Gasteiger partial charge in [0.2, 0.25) is 20.7 Å². The number of hydrogen-bond donors (Lipinski definition) is 1. The number of thioether (sulfide) groups is 1. The van der Waals surface area contributed by atoms with Crippen molar-refractivity contribution in [2.75, 3.05) is 17.3 Å². The molecular formula is C10H14O5S2. The van der Waals surface area contributed by atoms with Crippen LogP contribution in [0.15, 0.2) is 21.6 Å². The molecule has 96 valence electrons. The standard InChI is InChI=1S/C10H14O5S2/c1-2-16-6-3-7-17(13,14)9-5-4-8(15-9)10(11)12/h4-5H,2-3,6-7H2,1H3,(H,11,12). The lowest BCUT2D eigenvalue weighted by Gasteiger charge is -2.00. The SMILES string of the molecule is CCSCCCS(=O)(=O)c1ccc(C(=O)O)o1. The zero-order valence-corrected chi connectivity index (χ0v) is 11.0. The van der Waals surface area contributed by atoms with Gasteiger partial charge in [-0.25, -0.2) is 13.2 Å². The van der Waals surface area contributed by atoms with Gasteiger partial charge in [-0.05, 0) is 30.1 Å². The molecule has 0 fully saturated rings. The first kappa shape index (κ1) is 14.1. The smallest absolute Gasteiger partial charge is 0.371 e. The number of carboxylic acids is 1. The van der Waals surface area contributed by atoms with E-state index in [9.17, 15) is 13.2 Å². The second kappa shape index (κ2) is 6.11. The monoisotopic (exact) mass is 278 g/mol. The van der Waals surface area contributed by atoms with Gasteiger partial charge in [-0.3, -0.25) is 0 Å². The Balaban J connectivity index is 2.66. The molecule has 0 unspecified atom stereocenters. The maximum absolute atomic E-state index is 11.7. The molecular weight excluding hydrogens is 264 g/mol. The third kappa shape index (κ3) is 4.08. The van der Waals surface area contributed by atoms with Crippen LogP contribution >= 0.6 is 11.8 Å². The molecule has 1 aromatic heterocycles. The van der Waals surface area contributed by atoms with Crippen LogP contribution in [0.4, 0.5) is 0 Å². The van der Waals surface area contributed by atoms with Gasteiger partial charge in [-0.15, -0.1) is 0 Å². The normalized spacial score (nSPS) is 11.6. The second-order valence-corrected chi connectivity index (χ2v) is 6.73. The van der Waals surface area contributed by atoms with E-state index in [1.807, 2.05) is 6.92 Å². The lowest BCUT2D eigenvalue weighted by Crippen LogP contribution is -2.06. The van der Waals surface area contributed by atoms with Crippen molar-refractivity contribution in [3.63, 3.8) is 0 Å². The lowest BCUT2D eigenvalue weighted by molar-refractivity contribution is 0.0656. The second-order valence-electron chi connectivity index (χ2n) is 3.29. The highest BCUT2D eigenvalue weighted by Gasteiger charge is 2.20. The van der Waals surface area contributed by atoms with E-state index in [0.29, 0.717) is 6.42 Å². The van der Waals surface area contributed by atoms with Crippen LogP contribution in [0, 0.1) is 0 Å². The fourth-order valence-corrected chi connectivity index (χ4v) is 3.24. The summed E-state index contributed by atoms with van der Waals surface area (Å²) in [7, 11) is -3.50. The maximum atomic E-state index is 11.7. The molecule has 0 aliphatic rings. The van der Waals surface area contributed by atoms with Crippen molar-refractivity contribution in [3.8, 4) is 0 Å². The minimum atomic E-state index is -3.50. The Bertz CT molecular complexity index is 475. The van der Waals surface area contributed by atoms with Crippen LogP contribution in [0.2, 0.25) is 0 Å². The number of sulfone groups is 1. The predicted octanol–water partition coefficient (Wildman–Crippen LogP) is 1.89. The third-order valence-corrected chi connectivity index (χ3v) is 4.65. The molecule has 0 saturated heterocycles. The minimum Gasteiger partial charge on any atom is -0.475 e. The van der Waals surface area contributed by atoms with E-state index in [1.165, 1.54) is 6.07 Å². The summed E-state index contributed by atoms with van der Waals surface area (Å²) in [6.07, 6.45) is 0.532. The van der Waals surface area contributed by atoms with Crippen LogP contribution in [0.1, 0.15) is 23.9 Å². The highest BCUT2D eigenvalue weighted by Crippen LogP contribution is 2.17. The zero-order chi connectivity index (χ0) is 12.9. The van der Waals surface area contributed by atoms with Crippen LogP contribution in [0.3, 0.4) is 0 Å². The Morgan fingerprint density at radius 3 is 2.71 bits per heavy atom. The molecule has 0 aromatic carbocycles. The first-order valence-corrected chi connectivity index (χ1v) is 7.91. The number of aromatic carboxylic acids is 1. The van der Waals surface area contributed by atoms with Crippen LogP contribution in [-0.2, 0) is 9.84 Å². The Hall–Kier alpha value is -0.950. The Labute approximate surface area is 104 Å². The van der Waals surface area contributed by atoms with E-state index < -0.39 is 15.8 Å². The molecule has 1 heterocycles. The molecule has 1 aromatic rings.